The van der Waals surface area contributed by atoms with Gasteiger partial charge in [-0.2, -0.15) is 0 Å². The van der Waals surface area contributed by atoms with Gasteiger partial charge < -0.3 is 0 Å². The molecule has 0 radical (unpaired) electrons. The summed E-state index contributed by atoms with van der Waals surface area (Å²) in [5.41, 5.74) is 31.7. The topological polar surface area (TPSA) is 206 Å². The number of rotatable bonds is 15. The highest BCUT2D eigenvalue weighted by Crippen LogP contribution is 2.43. The lowest BCUT2D eigenvalue weighted by Crippen LogP contribution is -2.01. The van der Waals surface area contributed by atoms with Crippen LogP contribution in [-0.2, 0) is 0 Å². The highest BCUT2D eigenvalue weighted by atomic mass is 15.0. The van der Waals surface area contributed by atoms with Crippen LogP contribution in [0.3, 0.4) is 0 Å². The smallest absolute Gasteiger partial charge is 0.182 e. The second-order valence-electron chi connectivity index (χ2n) is 34.1. The predicted octanol–water partition coefficient (Wildman–Crippen LogP) is 29.4. The van der Waals surface area contributed by atoms with Crippen molar-refractivity contribution < 1.29 is 0 Å². The molecule has 0 saturated heterocycles. The Kier molecular flexibility index (Phi) is 22.7. The van der Waals surface area contributed by atoms with Crippen LogP contribution in [0.5, 0.6) is 0 Å². The Labute approximate surface area is 801 Å². The molecule has 0 saturated carbocycles. The molecule has 654 valence electrons. The maximum atomic E-state index is 5.34. The van der Waals surface area contributed by atoms with Gasteiger partial charge in [0.05, 0.1) is 78.7 Å². The van der Waals surface area contributed by atoms with Gasteiger partial charge in [0, 0.05) is 118 Å². The molecule has 16 nitrogen and oxygen atoms in total. The van der Waals surface area contributed by atoms with Crippen LogP contribution in [0.2, 0.25) is 0 Å². The molecule has 0 aliphatic rings. The van der Waals surface area contributed by atoms with E-state index in [0.29, 0.717) is 34.8 Å². The first-order valence-corrected chi connectivity index (χ1v) is 46.1. The largest absolute Gasteiger partial charge is 0.255 e. The third kappa shape index (κ3) is 17.5. The van der Waals surface area contributed by atoms with Gasteiger partial charge in [0.1, 0.15) is 11.4 Å². The fourth-order valence-electron chi connectivity index (χ4n) is 18.0. The summed E-state index contributed by atoms with van der Waals surface area (Å²) in [5, 5.41) is 8.81. The molecule has 0 unspecified atom stereocenters. The second kappa shape index (κ2) is 37.3. The molecular weight excluding hydrogens is 1700 g/mol. The molecule has 25 aromatic rings. The maximum Gasteiger partial charge on any atom is 0.182 e. The Hall–Kier alpha value is -18.8. The van der Waals surface area contributed by atoms with Gasteiger partial charge in [-0.15, -0.1) is 0 Å². The van der Waals surface area contributed by atoms with Crippen molar-refractivity contribution in [1.82, 2.24) is 79.7 Å². The quantitative estimate of drug-likeness (QED) is 0.0875. The average Bonchev–Trinajstić information content (AvgIpc) is 0.756. The number of nitrogens with zero attached hydrogens (tertiary/aromatic N) is 16. The zero-order chi connectivity index (χ0) is 93.1. The molecule has 0 amide bonds. The van der Waals surface area contributed by atoms with E-state index in [9.17, 15) is 0 Å². The number of aromatic nitrogens is 16. The number of hydrogen-bond acceptors (Lipinski definition) is 16. The third-order valence-electron chi connectivity index (χ3n) is 24.8. The standard InChI is InChI=1S/C44H29N5.C40H27N5.C39H26N6/c1-28-20-21-31-22-23-36-37(35-18-10-14-29-11-5-6-17-34(29)35)26-39(47-43(36)42(31)46-28)32-15-9-16-33(25-32)41-27-40(30-12-3-2-4-13-30)48-44(49-41)38-19-7-8-24-45-38;1-26-18-19-29-20-21-32-33(27-11-4-2-5-12-27)24-35(43-39(32)38(29)42-26)30-15-10-16-31(23-30)40-44-36(28-13-6-3-7-14-28)25-37(45-40)34-17-8-9-22-41-34;1-25-18-19-27-20-21-31-32(26-11-4-2-5-12-26)24-34(42-36(31)35(27)41-25)29-15-10-16-30(23-29)38-43-37(28-13-6-3-7-14-28)44-39(45-38)33-17-8-9-22-40-33/h2-27H,1H3;2-25H,1H3;2-24H,1H3. The molecular formula is C123H82N16. The summed E-state index contributed by atoms with van der Waals surface area (Å²) in [6.07, 6.45) is 5.31. The van der Waals surface area contributed by atoms with Gasteiger partial charge >= 0.3 is 0 Å². The number of fused-ring (bicyclic) bond motifs is 10. The van der Waals surface area contributed by atoms with Crippen molar-refractivity contribution in [2.45, 2.75) is 20.8 Å². The lowest BCUT2D eigenvalue weighted by atomic mass is 9.93. The molecule has 0 spiro atoms. The summed E-state index contributed by atoms with van der Waals surface area (Å²) >= 11 is 0. The van der Waals surface area contributed by atoms with Crippen molar-refractivity contribution in [3.63, 3.8) is 0 Å². The molecule has 139 heavy (non-hydrogen) atoms. The van der Waals surface area contributed by atoms with E-state index in [4.69, 9.17) is 64.8 Å². The first-order chi connectivity index (χ1) is 68.6. The molecule has 16 heteroatoms. The van der Waals surface area contributed by atoms with Crippen LogP contribution in [0.15, 0.2) is 443 Å². The molecule has 0 atom stereocenters. The van der Waals surface area contributed by atoms with Crippen LogP contribution < -0.4 is 0 Å². The van der Waals surface area contributed by atoms with E-state index >= 15 is 0 Å². The number of hydrogen-bond donors (Lipinski definition) is 0. The van der Waals surface area contributed by atoms with Gasteiger partial charge in [-0.25, -0.2) is 49.8 Å². The molecule has 0 aliphatic carbocycles. The van der Waals surface area contributed by atoms with Gasteiger partial charge in [-0.3, -0.25) is 29.9 Å². The van der Waals surface area contributed by atoms with Crippen LogP contribution in [0.25, 0.3) is 246 Å². The van der Waals surface area contributed by atoms with Gasteiger partial charge in [0.25, 0.3) is 0 Å². The van der Waals surface area contributed by atoms with Gasteiger partial charge in [-0.05, 0) is 168 Å². The molecule has 13 aromatic carbocycles. The summed E-state index contributed by atoms with van der Waals surface area (Å²) in [6.45, 7) is 6.07. The summed E-state index contributed by atoms with van der Waals surface area (Å²) in [7, 11) is 0. The van der Waals surface area contributed by atoms with E-state index in [0.717, 1.165) is 212 Å². The highest BCUT2D eigenvalue weighted by molar-refractivity contribution is 6.14. The van der Waals surface area contributed by atoms with Crippen LogP contribution in [0.1, 0.15) is 17.1 Å². The van der Waals surface area contributed by atoms with Crippen LogP contribution in [-0.4, -0.2) is 79.7 Å². The van der Waals surface area contributed by atoms with Crippen molar-refractivity contribution in [2.24, 2.45) is 0 Å². The molecule has 0 aliphatic heterocycles. The summed E-state index contributed by atoms with van der Waals surface area (Å²) in [5.74, 6) is 2.89. The van der Waals surface area contributed by atoms with E-state index in [1.165, 1.54) is 16.3 Å². The Bertz CT molecular complexity index is 8450. The predicted molar refractivity (Wildman–Crippen MR) is 562 cm³/mol. The fourth-order valence-corrected chi connectivity index (χ4v) is 18.0. The molecule has 0 N–H and O–H groups in total. The van der Waals surface area contributed by atoms with E-state index in [1.54, 1.807) is 18.6 Å². The highest BCUT2D eigenvalue weighted by Gasteiger charge is 2.23. The zero-order valence-corrected chi connectivity index (χ0v) is 75.8. The fraction of sp³-hybridized carbons (Fsp3) is 0.0244. The van der Waals surface area contributed by atoms with E-state index in [1.807, 2.05) is 191 Å². The molecule has 0 bridgehead atoms. The number of benzene rings is 13. The Morgan fingerprint density at radius 3 is 0.892 bits per heavy atom. The molecule has 25 rings (SSSR count). The van der Waals surface area contributed by atoms with Gasteiger partial charge in [0.2, 0.25) is 0 Å². The van der Waals surface area contributed by atoms with Crippen molar-refractivity contribution in [3.05, 3.63) is 460 Å². The minimum Gasteiger partial charge on any atom is -0.255 e. The van der Waals surface area contributed by atoms with Crippen molar-refractivity contribution in [1.29, 1.82) is 0 Å². The number of pyridine rings is 9. The van der Waals surface area contributed by atoms with Crippen LogP contribution in [0, 0.1) is 20.8 Å². The van der Waals surface area contributed by atoms with Crippen molar-refractivity contribution in [3.8, 4) is 170 Å². The van der Waals surface area contributed by atoms with E-state index in [2.05, 4.69) is 270 Å². The molecule has 12 heterocycles. The maximum absolute atomic E-state index is 5.34. The Balaban J connectivity index is 0.000000117. The third-order valence-corrected chi connectivity index (χ3v) is 24.8. The summed E-state index contributed by atoms with van der Waals surface area (Å²) in [6, 6.07) is 145. The van der Waals surface area contributed by atoms with E-state index in [-0.39, 0.29) is 0 Å². The summed E-state index contributed by atoms with van der Waals surface area (Å²) < 4.78 is 0. The van der Waals surface area contributed by atoms with E-state index < -0.39 is 0 Å². The Morgan fingerprint density at radius 1 is 0.137 bits per heavy atom. The van der Waals surface area contributed by atoms with Crippen LogP contribution in [0.4, 0.5) is 0 Å². The number of aryl methyl sites for hydroxylation is 3. The SMILES string of the molecule is Cc1ccc2ccc3c(-c4cccc5ccccc45)cc(-c4cccc(-c5cc(-c6ccccc6)nc(-c6ccccn6)n5)c4)nc3c2n1.Cc1ccc2ccc3c(-c4ccccc4)cc(-c4cccc(-c5nc(-c6ccccc6)cc(-c6ccccn6)n5)c4)nc3c2n1.Cc1ccc2ccc3c(-c4ccccc4)cc(-c4cccc(-c5nc(-c6ccccc6)nc(-c6ccccn6)n5)c4)nc3c2n1. The van der Waals surface area contributed by atoms with Crippen molar-refractivity contribution in [2.75, 3.05) is 0 Å². The van der Waals surface area contributed by atoms with Crippen molar-refractivity contribution >= 4 is 76.2 Å². The first kappa shape index (κ1) is 84.5. The normalized spacial score (nSPS) is 11.3. The minimum absolute atomic E-state index is 0.521. The summed E-state index contributed by atoms with van der Waals surface area (Å²) in [4.78, 5) is 78.9. The Morgan fingerprint density at radius 2 is 0.439 bits per heavy atom. The lowest BCUT2D eigenvalue weighted by Gasteiger charge is -2.15. The minimum atomic E-state index is 0.521. The molecule has 12 aromatic heterocycles. The molecule has 0 fully saturated rings. The van der Waals surface area contributed by atoms with Gasteiger partial charge in [0.15, 0.2) is 29.1 Å². The lowest BCUT2D eigenvalue weighted by molar-refractivity contribution is 1.06. The zero-order valence-electron chi connectivity index (χ0n) is 75.8. The van der Waals surface area contributed by atoms with Crippen LogP contribution >= 0.6 is 0 Å². The monoisotopic (exact) mass is 1780 g/mol. The second-order valence-corrected chi connectivity index (χ2v) is 34.1. The van der Waals surface area contributed by atoms with Gasteiger partial charge in [-0.1, -0.05) is 322 Å². The average molecular weight is 1780 g/mol. The first-order valence-electron chi connectivity index (χ1n) is 46.1.